The number of unbranched alkanes of at least 4 members (excludes halogenated alkanes) is 1. The molecule has 0 aromatic carbocycles. The highest BCUT2D eigenvalue weighted by molar-refractivity contribution is 5.83. The summed E-state index contributed by atoms with van der Waals surface area (Å²) >= 11 is 0. The van der Waals surface area contributed by atoms with Crippen molar-refractivity contribution < 1.29 is 4.79 Å². The second kappa shape index (κ2) is 7.21. The largest absolute Gasteiger partial charge is 0.330 e. The zero-order valence-electron chi connectivity index (χ0n) is 7.46. The van der Waals surface area contributed by atoms with Crippen molar-refractivity contribution >= 4 is 5.78 Å². The van der Waals surface area contributed by atoms with E-state index in [1.807, 2.05) is 0 Å². The summed E-state index contributed by atoms with van der Waals surface area (Å²) in [5.74, 6) is 0.0644. The van der Waals surface area contributed by atoms with Gasteiger partial charge in [0.15, 0.2) is 5.78 Å². The van der Waals surface area contributed by atoms with Crippen molar-refractivity contribution in [3.05, 3.63) is 0 Å². The molecule has 0 amide bonds. The van der Waals surface area contributed by atoms with E-state index in [1.165, 1.54) is 0 Å². The highest BCUT2D eigenvalue weighted by Crippen LogP contribution is 2.00. The van der Waals surface area contributed by atoms with E-state index in [1.54, 1.807) is 0 Å². The van der Waals surface area contributed by atoms with E-state index in [9.17, 15) is 4.79 Å². The average Bonchev–Trinajstić information content (AvgIpc) is 2.05. The first-order valence-corrected chi connectivity index (χ1v) is 4.40. The molecule has 6 N–H and O–H groups in total. The van der Waals surface area contributed by atoms with Gasteiger partial charge in [-0.1, -0.05) is 6.42 Å². The molecule has 0 aromatic heterocycles. The van der Waals surface area contributed by atoms with Crippen molar-refractivity contribution in [2.75, 3.05) is 13.1 Å². The third-order valence-corrected chi connectivity index (χ3v) is 1.77. The normalized spacial score (nSPS) is 12.9. The molecule has 0 aliphatic carbocycles. The van der Waals surface area contributed by atoms with Crippen LogP contribution in [-0.2, 0) is 4.79 Å². The molecule has 0 spiro atoms. The highest BCUT2D eigenvalue weighted by atomic mass is 16.1. The van der Waals surface area contributed by atoms with Gasteiger partial charge in [-0.3, -0.25) is 4.79 Å². The van der Waals surface area contributed by atoms with Gasteiger partial charge in [0.1, 0.15) is 0 Å². The molecule has 0 heterocycles. The Hall–Kier alpha value is -0.450. The third kappa shape index (κ3) is 5.23. The zero-order chi connectivity index (χ0) is 9.40. The van der Waals surface area contributed by atoms with Gasteiger partial charge in [-0.25, -0.2) is 0 Å². The molecule has 0 saturated carbocycles. The monoisotopic (exact) mass is 173 g/mol. The van der Waals surface area contributed by atoms with Gasteiger partial charge in [0.2, 0.25) is 0 Å². The molecule has 4 nitrogen and oxygen atoms in total. The minimum Gasteiger partial charge on any atom is -0.330 e. The zero-order valence-corrected chi connectivity index (χ0v) is 7.46. The van der Waals surface area contributed by atoms with Gasteiger partial charge in [-0.15, -0.1) is 0 Å². The van der Waals surface area contributed by atoms with Crippen LogP contribution in [-0.4, -0.2) is 24.9 Å². The van der Waals surface area contributed by atoms with Crippen LogP contribution in [0.3, 0.4) is 0 Å². The minimum atomic E-state index is -0.333. The number of carbonyl (C=O) groups excluding carboxylic acids is 1. The summed E-state index contributed by atoms with van der Waals surface area (Å²) < 4.78 is 0. The summed E-state index contributed by atoms with van der Waals surface area (Å²) in [5.41, 5.74) is 16.1. The van der Waals surface area contributed by atoms with E-state index in [-0.39, 0.29) is 11.8 Å². The predicted octanol–water partition coefficient (Wildman–Crippen LogP) is -0.639. The van der Waals surface area contributed by atoms with Crippen molar-refractivity contribution in [2.24, 2.45) is 17.2 Å². The highest BCUT2D eigenvalue weighted by Gasteiger charge is 2.10. The Balaban J connectivity index is 3.42. The lowest BCUT2D eigenvalue weighted by molar-refractivity contribution is -0.120. The van der Waals surface area contributed by atoms with E-state index in [4.69, 9.17) is 17.2 Å². The molecule has 0 radical (unpaired) electrons. The maximum atomic E-state index is 11.1. The summed E-state index contributed by atoms with van der Waals surface area (Å²) in [7, 11) is 0. The smallest absolute Gasteiger partial charge is 0.150 e. The number of hydrogen-bond acceptors (Lipinski definition) is 4. The Labute approximate surface area is 73.5 Å². The molecule has 12 heavy (non-hydrogen) atoms. The minimum absolute atomic E-state index is 0.0644. The van der Waals surface area contributed by atoms with Crippen LogP contribution >= 0.6 is 0 Å². The summed E-state index contributed by atoms with van der Waals surface area (Å²) in [6, 6.07) is -0.333. The quantitative estimate of drug-likeness (QED) is 0.446. The van der Waals surface area contributed by atoms with Gasteiger partial charge in [0.25, 0.3) is 0 Å². The number of Topliss-reactive ketones (excluding diaryl/α,β-unsaturated/α-hetero) is 1. The van der Waals surface area contributed by atoms with Crippen LogP contribution in [0.5, 0.6) is 0 Å². The number of ketones is 1. The van der Waals surface area contributed by atoms with Gasteiger partial charge in [-0.05, 0) is 25.9 Å². The summed E-state index contributed by atoms with van der Waals surface area (Å²) in [4.78, 5) is 11.1. The van der Waals surface area contributed by atoms with Crippen LogP contribution in [0.15, 0.2) is 0 Å². The van der Waals surface area contributed by atoms with Crippen LogP contribution < -0.4 is 17.2 Å². The second-order valence-electron chi connectivity index (χ2n) is 2.90. The molecule has 1 atom stereocenters. The molecule has 0 saturated heterocycles. The topological polar surface area (TPSA) is 95.1 Å². The van der Waals surface area contributed by atoms with Gasteiger partial charge in [0.05, 0.1) is 6.04 Å². The Morgan fingerprint density at radius 1 is 1.17 bits per heavy atom. The fraction of sp³-hybridized carbons (Fsp3) is 0.875. The Kier molecular flexibility index (Phi) is 6.94. The second-order valence-corrected chi connectivity index (χ2v) is 2.90. The van der Waals surface area contributed by atoms with E-state index in [0.29, 0.717) is 19.5 Å². The van der Waals surface area contributed by atoms with E-state index in [0.717, 1.165) is 19.3 Å². The van der Waals surface area contributed by atoms with Gasteiger partial charge < -0.3 is 17.2 Å². The summed E-state index contributed by atoms with van der Waals surface area (Å²) in [6.45, 7) is 1.06. The Bertz CT molecular complexity index is 127. The van der Waals surface area contributed by atoms with Crippen LogP contribution in [0.25, 0.3) is 0 Å². The number of nitrogens with two attached hydrogens (primary N) is 3. The molecule has 0 fully saturated rings. The first-order chi connectivity index (χ1) is 5.72. The summed E-state index contributed by atoms with van der Waals surface area (Å²) in [5, 5.41) is 0. The lowest BCUT2D eigenvalue weighted by atomic mass is 10.0. The Morgan fingerprint density at radius 2 is 1.83 bits per heavy atom. The first kappa shape index (κ1) is 11.6. The van der Waals surface area contributed by atoms with E-state index in [2.05, 4.69) is 0 Å². The van der Waals surface area contributed by atoms with Crippen molar-refractivity contribution in [2.45, 2.75) is 31.7 Å². The van der Waals surface area contributed by atoms with E-state index >= 15 is 0 Å². The number of carbonyl (C=O) groups is 1. The molecule has 4 heteroatoms. The maximum absolute atomic E-state index is 11.1. The third-order valence-electron chi connectivity index (χ3n) is 1.77. The standard InChI is InChI=1S/C8H19N3O/c9-5-2-1-3-7(11)8(12)4-6-10/h7H,1-6,9-11H2/t7-/m0/s1. The molecular weight excluding hydrogens is 154 g/mol. The molecular formula is C8H19N3O. The van der Waals surface area contributed by atoms with Crippen LogP contribution in [0.2, 0.25) is 0 Å². The molecule has 0 aliphatic rings. The SMILES string of the molecule is NCCCC[C@H](N)C(=O)CCN. The van der Waals surface area contributed by atoms with E-state index < -0.39 is 0 Å². The molecule has 0 aromatic rings. The molecule has 0 rings (SSSR count). The van der Waals surface area contributed by atoms with Crippen LogP contribution in [0.4, 0.5) is 0 Å². The van der Waals surface area contributed by atoms with Crippen molar-refractivity contribution in [1.82, 2.24) is 0 Å². The summed E-state index contributed by atoms with van der Waals surface area (Å²) in [6.07, 6.45) is 2.98. The average molecular weight is 173 g/mol. The number of hydrogen-bond donors (Lipinski definition) is 3. The van der Waals surface area contributed by atoms with Gasteiger partial charge in [-0.2, -0.15) is 0 Å². The van der Waals surface area contributed by atoms with Crippen molar-refractivity contribution in [3.8, 4) is 0 Å². The van der Waals surface area contributed by atoms with Crippen molar-refractivity contribution in [3.63, 3.8) is 0 Å². The van der Waals surface area contributed by atoms with Crippen LogP contribution in [0, 0.1) is 0 Å². The molecule has 0 aliphatic heterocycles. The van der Waals surface area contributed by atoms with Gasteiger partial charge in [0, 0.05) is 6.42 Å². The predicted molar refractivity (Wildman–Crippen MR) is 49.6 cm³/mol. The fourth-order valence-corrected chi connectivity index (χ4v) is 0.997. The molecule has 72 valence electrons. The first-order valence-electron chi connectivity index (χ1n) is 4.40. The van der Waals surface area contributed by atoms with Crippen molar-refractivity contribution in [1.29, 1.82) is 0 Å². The van der Waals surface area contributed by atoms with Crippen LogP contribution in [0.1, 0.15) is 25.7 Å². The lowest BCUT2D eigenvalue weighted by Crippen LogP contribution is -2.31. The molecule has 0 unspecified atom stereocenters. The fourth-order valence-electron chi connectivity index (χ4n) is 0.997. The van der Waals surface area contributed by atoms with Gasteiger partial charge >= 0.3 is 0 Å². The lowest BCUT2D eigenvalue weighted by Gasteiger charge is -2.08. The Morgan fingerprint density at radius 3 is 2.33 bits per heavy atom. The maximum Gasteiger partial charge on any atom is 0.150 e. The number of rotatable bonds is 7. The molecule has 0 bridgehead atoms.